The summed E-state index contributed by atoms with van der Waals surface area (Å²) in [5.74, 6) is 2.01. The van der Waals surface area contributed by atoms with E-state index in [1.807, 2.05) is 23.9 Å². The fourth-order valence-electron chi connectivity index (χ4n) is 1.93. The average Bonchev–Trinajstić information content (AvgIpc) is 2.44. The summed E-state index contributed by atoms with van der Waals surface area (Å²) in [6.45, 7) is 8.76. The van der Waals surface area contributed by atoms with Gasteiger partial charge in [0, 0.05) is 24.5 Å². The topological polar surface area (TPSA) is 30.5 Å². The van der Waals surface area contributed by atoms with E-state index in [9.17, 15) is 0 Å². The molecule has 0 spiro atoms. The van der Waals surface area contributed by atoms with Gasteiger partial charge in [-0.3, -0.25) is 0 Å². The maximum absolute atomic E-state index is 5.84. The molecule has 0 saturated carbocycles. The summed E-state index contributed by atoms with van der Waals surface area (Å²) in [6.07, 6.45) is 0. The van der Waals surface area contributed by atoms with Crippen molar-refractivity contribution in [1.82, 2.24) is 5.32 Å². The number of methoxy groups -OCH3 is 1. The van der Waals surface area contributed by atoms with E-state index in [1.54, 1.807) is 7.11 Å². The molecule has 0 fully saturated rings. The van der Waals surface area contributed by atoms with Crippen LogP contribution in [0.25, 0.3) is 0 Å². The van der Waals surface area contributed by atoms with Crippen molar-refractivity contribution < 1.29 is 9.47 Å². The van der Waals surface area contributed by atoms with Crippen LogP contribution in [0.5, 0.6) is 5.75 Å². The van der Waals surface area contributed by atoms with Crippen molar-refractivity contribution >= 4 is 11.8 Å². The lowest BCUT2D eigenvalue weighted by atomic mass is 10.1. The van der Waals surface area contributed by atoms with E-state index in [4.69, 9.17) is 9.47 Å². The predicted molar refractivity (Wildman–Crippen MR) is 87.8 cm³/mol. The number of thioether (sulfide) groups is 1. The maximum atomic E-state index is 5.84. The maximum Gasteiger partial charge on any atom is 0.124 e. The van der Waals surface area contributed by atoms with Gasteiger partial charge in [-0.2, -0.15) is 11.8 Å². The fourth-order valence-corrected chi connectivity index (χ4v) is 2.80. The summed E-state index contributed by atoms with van der Waals surface area (Å²) >= 11 is 1.97. The van der Waals surface area contributed by atoms with Crippen LogP contribution in [0.2, 0.25) is 0 Å². The van der Waals surface area contributed by atoms with Crippen LogP contribution in [0.15, 0.2) is 24.3 Å². The Bertz CT molecular complexity index is 371. The molecular formula is C16H27NO2S. The van der Waals surface area contributed by atoms with Gasteiger partial charge in [0.1, 0.15) is 12.4 Å². The summed E-state index contributed by atoms with van der Waals surface area (Å²) in [5, 5.41) is 4.19. The highest BCUT2D eigenvalue weighted by atomic mass is 32.2. The molecule has 0 heterocycles. The first-order valence-electron chi connectivity index (χ1n) is 7.24. The minimum atomic E-state index is 0.325. The van der Waals surface area contributed by atoms with Gasteiger partial charge >= 0.3 is 0 Å². The molecule has 0 saturated heterocycles. The van der Waals surface area contributed by atoms with Crippen molar-refractivity contribution in [2.75, 3.05) is 32.6 Å². The minimum Gasteiger partial charge on any atom is -0.491 e. The lowest BCUT2D eigenvalue weighted by Crippen LogP contribution is -2.24. The van der Waals surface area contributed by atoms with Gasteiger partial charge in [-0.15, -0.1) is 0 Å². The number of nitrogens with one attached hydrogen (secondary N) is 1. The van der Waals surface area contributed by atoms with Gasteiger partial charge in [-0.05, 0) is 17.9 Å². The molecule has 0 aromatic heterocycles. The Hall–Kier alpha value is -0.710. The van der Waals surface area contributed by atoms with E-state index in [-0.39, 0.29) is 0 Å². The molecule has 1 N–H and O–H groups in total. The van der Waals surface area contributed by atoms with Crippen LogP contribution >= 0.6 is 11.8 Å². The van der Waals surface area contributed by atoms with Gasteiger partial charge in [-0.25, -0.2) is 0 Å². The van der Waals surface area contributed by atoms with Gasteiger partial charge in [0.25, 0.3) is 0 Å². The molecule has 20 heavy (non-hydrogen) atoms. The number of hydrogen-bond donors (Lipinski definition) is 1. The first kappa shape index (κ1) is 17.3. The smallest absolute Gasteiger partial charge is 0.124 e. The molecule has 0 bridgehead atoms. The van der Waals surface area contributed by atoms with Crippen molar-refractivity contribution in [1.29, 1.82) is 0 Å². The standard InChI is InChI=1S/C16H27NO2S/c1-5-17-15(12-20-13(2)3)14-8-6-7-9-16(14)19-11-10-18-4/h6-9,13,15,17H,5,10-12H2,1-4H3. The van der Waals surface area contributed by atoms with E-state index in [0.29, 0.717) is 24.5 Å². The molecule has 0 aliphatic carbocycles. The van der Waals surface area contributed by atoms with Crippen LogP contribution in [-0.4, -0.2) is 37.9 Å². The fraction of sp³-hybridized carbons (Fsp3) is 0.625. The molecule has 1 unspecified atom stereocenters. The lowest BCUT2D eigenvalue weighted by Gasteiger charge is -2.22. The summed E-state index contributed by atoms with van der Waals surface area (Å²) < 4.78 is 10.9. The Morgan fingerprint density at radius 2 is 1.95 bits per heavy atom. The predicted octanol–water partition coefficient (Wildman–Crippen LogP) is 3.50. The van der Waals surface area contributed by atoms with Crippen molar-refractivity contribution in [3.63, 3.8) is 0 Å². The van der Waals surface area contributed by atoms with Crippen molar-refractivity contribution in [2.24, 2.45) is 0 Å². The Kier molecular flexibility index (Phi) is 8.74. The van der Waals surface area contributed by atoms with Crippen LogP contribution in [0, 0.1) is 0 Å². The lowest BCUT2D eigenvalue weighted by molar-refractivity contribution is 0.145. The molecule has 0 amide bonds. The number of ether oxygens (including phenoxy) is 2. The molecule has 1 rings (SSSR count). The molecule has 0 aliphatic rings. The molecule has 1 aromatic rings. The minimum absolute atomic E-state index is 0.325. The Balaban J connectivity index is 2.77. The molecule has 0 aliphatic heterocycles. The second kappa shape index (κ2) is 10.1. The normalized spacial score (nSPS) is 12.7. The van der Waals surface area contributed by atoms with Crippen LogP contribution in [-0.2, 0) is 4.74 Å². The Morgan fingerprint density at radius 1 is 1.20 bits per heavy atom. The summed E-state index contributed by atoms with van der Waals surface area (Å²) in [4.78, 5) is 0. The molecule has 4 heteroatoms. The molecule has 1 atom stereocenters. The third-order valence-corrected chi connectivity index (χ3v) is 4.08. The Morgan fingerprint density at radius 3 is 2.60 bits per heavy atom. The van der Waals surface area contributed by atoms with E-state index in [1.165, 1.54) is 5.56 Å². The largest absolute Gasteiger partial charge is 0.491 e. The molecule has 0 radical (unpaired) electrons. The SMILES string of the molecule is CCNC(CSC(C)C)c1ccccc1OCCOC. The molecular weight excluding hydrogens is 270 g/mol. The summed E-state index contributed by atoms with van der Waals surface area (Å²) in [7, 11) is 1.69. The second-order valence-electron chi connectivity index (χ2n) is 4.87. The Labute approximate surface area is 127 Å². The quantitative estimate of drug-likeness (QED) is 0.670. The van der Waals surface area contributed by atoms with Gasteiger partial charge < -0.3 is 14.8 Å². The number of hydrogen-bond acceptors (Lipinski definition) is 4. The van der Waals surface area contributed by atoms with Crippen LogP contribution < -0.4 is 10.1 Å². The van der Waals surface area contributed by atoms with E-state index >= 15 is 0 Å². The van der Waals surface area contributed by atoms with Gasteiger partial charge in [0.05, 0.1) is 6.61 Å². The van der Waals surface area contributed by atoms with E-state index < -0.39 is 0 Å². The molecule has 114 valence electrons. The van der Waals surface area contributed by atoms with Crippen LogP contribution in [0.4, 0.5) is 0 Å². The number of benzene rings is 1. The highest BCUT2D eigenvalue weighted by Crippen LogP contribution is 2.28. The van der Waals surface area contributed by atoms with Crippen LogP contribution in [0.1, 0.15) is 32.4 Å². The number of rotatable bonds is 10. The zero-order chi connectivity index (χ0) is 14.8. The van der Waals surface area contributed by atoms with Gasteiger partial charge in [0.15, 0.2) is 0 Å². The third-order valence-electron chi connectivity index (χ3n) is 2.89. The molecule has 1 aromatic carbocycles. The van der Waals surface area contributed by atoms with Crippen molar-refractivity contribution in [3.8, 4) is 5.75 Å². The van der Waals surface area contributed by atoms with Gasteiger partial charge in [-0.1, -0.05) is 39.0 Å². The zero-order valence-corrected chi connectivity index (χ0v) is 13.8. The average molecular weight is 297 g/mol. The van der Waals surface area contributed by atoms with Crippen LogP contribution in [0.3, 0.4) is 0 Å². The van der Waals surface area contributed by atoms with Crippen molar-refractivity contribution in [3.05, 3.63) is 29.8 Å². The number of para-hydroxylation sites is 1. The molecule has 3 nitrogen and oxygen atoms in total. The summed E-state index contributed by atoms with van der Waals surface area (Å²) in [5.41, 5.74) is 1.23. The highest BCUT2D eigenvalue weighted by Gasteiger charge is 2.15. The summed E-state index contributed by atoms with van der Waals surface area (Å²) in [6, 6.07) is 8.60. The zero-order valence-electron chi connectivity index (χ0n) is 13.0. The third kappa shape index (κ3) is 6.16. The first-order chi connectivity index (χ1) is 9.69. The monoisotopic (exact) mass is 297 g/mol. The van der Waals surface area contributed by atoms with Gasteiger partial charge in [0.2, 0.25) is 0 Å². The second-order valence-corrected chi connectivity index (χ2v) is 6.48. The highest BCUT2D eigenvalue weighted by molar-refractivity contribution is 7.99. The van der Waals surface area contributed by atoms with E-state index in [2.05, 4.69) is 38.2 Å². The first-order valence-corrected chi connectivity index (χ1v) is 8.29. The van der Waals surface area contributed by atoms with E-state index in [0.717, 1.165) is 18.0 Å². The van der Waals surface area contributed by atoms with Crippen molar-refractivity contribution in [2.45, 2.75) is 32.1 Å².